The van der Waals surface area contributed by atoms with Crippen LogP contribution in [0, 0.1) is 0 Å². The summed E-state index contributed by atoms with van der Waals surface area (Å²) in [6.45, 7) is 0. The number of rotatable bonds is 13. The van der Waals surface area contributed by atoms with Gasteiger partial charge in [-0.3, -0.25) is 14.6 Å². The molecule has 3 aromatic rings. The molecule has 2 N–H and O–H groups in total. The molecule has 0 bridgehead atoms. The van der Waals surface area contributed by atoms with Crippen LogP contribution in [-0.2, 0) is 22.4 Å². The Kier molecular flexibility index (Phi) is 16.2. The topological polar surface area (TPSA) is 87.5 Å². The Balaban J connectivity index is 0. The summed E-state index contributed by atoms with van der Waals surface area (Å²) in [4.78, 5) is 26.5. The van der Waals surface area contributed by atoms with Crippen LogP contribution < -0.4 is 59.1 Å². The number of aromatic nitrogens is 1. The quantitative estimate of drug-likeness (QED) is 0.239. The Bertz CT molecular complexity index is 1110. The van der Waals surface area contributed by atoms with Gasteiger partial charge in [-0.1, -0.05) is 48.0 Å². The Hall–Kier alpha value is -0.220. The number of aliphatic carboxylic acids is 2. The number of carboxylic acid groups (broad SMARTS) is 2. The average molecular weight is 552 g/mol. The summed E-state index contributed by atoms with van der Waals surface area (Å²) in [5.41, 5.74) is 4.24. The minimum Gasteiger partial charge on any atom is -1.00 e. The number of fused-ring (bicyclic) bond motifs is 1. The molecule has 1 heterocycles. The van der Waals surface area contributed by atoms with Crippen molar-refractivity contribution in [1.82, 2.24) is 4.98 Å². The number of carbonyl (C=O) groups is 2. The normalized spacial score (nSPS) is 10.6. The van der Waals surface area contributed by atoms with Crippen LogP contribution in [0.5, 0.6) is 0 Å². The molecule has 0 saturated heterocycles. The van der Waals surface area contributed by atoms with E-state index in [1.54, 1.807) is 23.5 Å². The van der Waals surface area contributed by atoms with Crippen LogP contribution in [0.1, 0.15) is 43.5 Å². The van der Waals surface area contributed by atoms with Crippen molar-refractivity contribution >= 4 is 58.0 Å². The molecule has 0 aliphatic heterocycles. The maximum atomic E-state index is 10.9. The SMILES string of the molecule is O=C(O)CCSC(SCCC(=O)O)c1cccc(CCCc2ccc3ccc(Cl)cc3n2)c1.[H-].[H-].[Na+].[Na+]. The van der Waals surface area contributed by atoms with Crippen LogP contribution in [0.2, 0.25) is 5.02 Å². The summed E-state index contributed by atoms with van der Waals surface area (Å²) < 4.78 is 0.00977. The summed E-state index contributed by atoms with van der Waals surface area (Å²) in [5, 5.41) is 19.6. The second-order valence-corrected chi connectivity index (χ2v) is 10.8. The number of pyridine rings is 1. The monoisotopic (exact) mass is 551 g/mol. The molecular weight excluding hydrogens is 524 g/mol. The third-order valence-electron chi connectivity index (χ3n) is 5.00. The van der Waals surface area contributed by atoms with E-state index >= 15 is 0 Å². The van der Waals surface area contributed by atoms with Crippen LogP contribution in [0.3, 0.4) is 0 Å². The van der Waals surface area contributed by atoms with E-state index in [1.807, 2.05) is 30.3 Å². The molecule has 2 aromatic carbocycles. The van der Waals surface area contributed by atoms with Crippen molar-refractivity contribution in [3.63, 3.8) is 0 Å². The molecule has 0 radical (unpaired) electrons. The van der Waals surface area contributed by atoms with Crippen molar-refractivity contribution in [3.05, 3.63) is 76.4 Å². The van der Waals surface area contributed by atoms with Gasteiger partial charge >= 0.3 is 71.1 Å². The summed E-state index contributed by atoms with van der Waals surface area (Å²) in [6.07, 6.45) is 2.88. The van der Waals surface area contributed by atoms with E-state index in [2.05, 4.69) is 24.3 Å². The van der Waals surface area contributed by atoms with E-state index in [-0.39, 0.29) is 79.4 Å². The fourth-order valence-electron chi connectivity index (χ4n) is 3.39. The van der Waals surface area contributed by atoms with Crippen molar-refractivity contribution in [3.8, 4) is 0 Å². The van der Waals surface area contributed by atoms with Crippen LogP contribution in [0.15, 0.2) is 54.6 Å². The van der Waals surface area contributed by atoms with Gasteiger partial charge in [-0.15, -0.1) is 23.5 Å². The number of hydrogen-bond acceptors (Lipinski definition) is 5. The number of carboxylic acids is 2. The zero-order valence-corrected chi connectivity index (χ0v) is 26.5. The van der Waals surface area contributed by atoms with Crippen LogP contribution >= 0.6 is 35.1 Å². The van der Waals surface area contributed by atoms with E-state index < -0.39 is 11.9 Å². The fraction of sp³-hybridized carbons (Fsp3) is 0.320. The van der Waals surface area contributed by atoms with Gasteiger partial charge in [0.15, 0.2) is 0 Å². The van der Waals surface area contributed by atoms with Crippen molar-refractivity contribution in [2.75, 3.05) is 11.5 Å². The van der Waals surface area contributed by atoms with Gasteiger partial charge < -0.3 is 13.1 Å². The van der Waals surface area contributed by atoms with Gasteiger partial charge in [0.1, 0.15) is 0 Å². The molecule has 0 atom stereocenters. The molecule has 5 nitrogen and oxygen atoms in total. The molecule has 35 heavy (non-hydrogen) atoms. The molecule has 0 aliphatic carbocycles. The molecule has 178 valence electrons. The zero-order chi connectivity index (χ0) is 23.6. The third kappa shape index (κ3) is 11.8. The van der Waals surface area contributed by atoms with E-state index in [0.29, 0.717) is 16.5 Å². The first-order valence-electron chi connectivity index (χ1n) is 10.7. The maximum absolute atomic E-state index is 10.9. The summed E-state index contributed by atoms with van der Waals surface area (Å²) in [5.74, 6) is -0.672. The van der Waals surface area contributed by atoms with Gasteiger partial charge in [-0.2, -0.15) is 0 Å². The Labute approximate surface area is 266 Å². The predicted molar refractivity (Wildman–Crippen MR) is 140 cm³/mol. The van der Waals surface area contributed by atoms with Crippen molar-refractivity contribution < 1.29 is 81.8 Å². The third-order valence-corrected chi connectivity index (χ3v) is 8.08. The smallest absolute Gasteiger partial charge is 1.00 e. The van der Waals surface area contributed by atoms with Crippen molar-refractivity contribution in [1.29, 1.82) is 0 Å². The summed E-state index contributed by atoms with van der Waals surface area (Å²) in [7, 11) is 0. The number of benzene rings is 2. The number of aryl methyl sites for hydroxylation is 2. The summed E-state index contributed by atoms with van der Waals surface area (Å²) >= 11 is 9.20. The van der Waals surface area contributed by atoms with E-state index in [0.717, 1.165) is 41.4 Å². The predicted octanol–water partition coefficient (Wildman–Crippen LogP) is 0.711. The Morgan fingerprint density at radius 3 is 2.23 bits per heavy atom. The van der Waals surface area contributed by atoms with Gasteiger partial charge in [-0.05, 0) is 48.6 Å². The maximum Gasteiger partial charge on any atom is 1.00 e. The molecule has 0 amide bonds. The molecule has 0 fully saturated rings. The molecule has 0 spiro atoms. The molecule has 3 rings (SSSR count). The first kappa shape index (κ1) is 32.8. The van der Waals surface area contributed by atoms with Gasteiger partial charge in [-0.25, -0.2) is 0 Å². The van der Waals surface area contributed by atoms with Crippen LogP contribution in [-0.4, -0.2) is 38.6 Å². The van der Waals surface area contributed by atoms with Gasteiger partial charge in [0.25, 0.3) is 0 Å². The van der Waals surface area contributed by atoms with Crippen LogP contribution in [0.4, 0.5) is 0 Å². The largest absolute Gasteiger partial charge is 1.00 e. The zero-order valence-electron chi connectivity index (χ0n) is 22.1. The molecule has 10 heteroatoms. The second-order valence-electron chi connectivity index (χ2n) is 7.60. The number of hydrogen-bond donors (Lipinski definition) is 2. The van der Waals surface area contributed by atoms with Gasteiger partial charge in [0.05, 0.1) is 22.9 Å². The van der Waals surface area contributed by atoms with Gasteiger partial charge in [0.2, 0.25) is 0 Å². The first-order chi connectivity index (χ1) is 15.9. The minimum atomic E-state index is -0.824. The van der Waals surface area contributed by atoms with Crippen LogP contribution in [0.25, 0.3) is 10.9 Å². The van der Waals surface area contributed by atoms with Crippen molar-refractivity contribution in [2.24, 2.45) is 0 Å². The Morgan fingerprint density at radius 1 is 0.914 bits per heavy atom. The minimum absolute atomic E-state index is 0. The van der Waals surface area contributed by atoms with Crippen molar-refractivity contribution in [2.45, 2.75) is 36.7 Å². The van der Waals surface area contributed by atoms with Gasteiger partial charge in [0, 0.05) is 27.6 Å². The molecule has 1 aromatic heterocycles. The number of halogens is 1. The van der Waals surface area contributed by atoms with E-state index in [9.17, 15) is 9.59 Å². The summed E-state index contributed by atoms with van der Waals surface area (Å²) in [6, 6.07) is 18.1. The fourth-order valence-corrected chi connectivity index (χ4v) is 6.21. The molecule has 0 saturated carbocycles. The second kappa shape index (κ2) is 17.3. The standard InChI is InChI=1S/C25H26ClNO4S2.2Na.2H/c26-20-9-7-18-8-10-21(27-22(18)16-20)6-2-4-17-3-1-5-19(15-17)25(32-13-11-23(28)29)33-14-12-24(30)31;;;;/h1,3,5,7-10,15-16,25H,2,4,6,11-14H2,(H,28,29)(H,30,31);;;;/q;2*+1;2*-1. The molecule has 0 aliphatic rings. The number of nitrogens with zero attached hydrogens (tertiary/aromatic N) is 1. The van der Waals surface area contributed by atoms with E-state index in [1.165, 1.54) is 5.56 Å². The molecular formula is C25H28ClNNa2O4S2. The molecule has 0 unspecified atom stereocenters. The van der Waals surface area contributed by atoms with E-state index in [4.69, 9.17) is 26.8 Å². The number of thioether (sulfide) groups is 2. The Morgan fingerprint density at radius 2 is 1.57 bits per heavy atom. The average Bonchev–Trinajstić information content (AvgIpc) is 2.77. The first-order valence-corrected chi connectivity index (χ1v) is 13.2.